The summed E-state index contributed by atoms with van der Waals surface area (Å²) in [6, 6.07) is 7.70. The maximum atomic E-state index is 11.8. The number of rotatable bonds is 2. The van der Waals surface area contributed by atoms with Crippen LogP contribution in [0.2, 0.25) is 5.02 Å². The van der Waals surface area contributed by atoms with Crippen molar-refractivity contribution in [3.63, 3.8) is 0 Å². The number of benzene rings is 1. The van der Waals surface area contributed by atoms with E-state index in [0.717, 1.165) is 17.7 Å². The molecular weight excluding hydrogens is 236 g/mol. The molecule has 88 valence electrons. The normalized spacial score (nSPS) is 19.5. The largest absolute Gasteiger partial charge is 0.308 e. The number of hydrogen-bond acceptors (Lipinski definition) is 2. The van der Waals surface area contributed by atoms with Crippen molar-refractivity contribution in [1.82, 2.24) is 0 Å². The van der Waals surface area contributed by atoms with Crippen molar-refractivity contribution in [3.05, 3.63) is 28.8 Å². The zero-order valence-corrected chi connectivity index (χ0v) is 10.4. The molecule has 1 aliphatic rings. The average molecular weight is 249 g/mol. The third-order valence-corrected chi connectivity index (χ3v) is 3.49. The maximum absolute atomic E-state index is 11.8. The van der Waals surface area contributed by atoms with Gasteiger partial charge < -0.3 is 4.90 Å². The van der Waals surface area contributed by atoms with Gasteiger partial charge in [0.15, 0.2) is 0 Å². The van der Waals surface area contributed by atoms with E-state index in [-0.39, 0.29) is 11.9 Å². The van der Waals surface area contributed by atoms with Crippen LogP contribution in [0, 0.1) is 18.3 Å². The van der Waals surface area contributed by atoms with Gasteiger partial charge in [-0.1, -0.05) is 17.7 Å². The number of halogens is 1. The summed E-state index contributed by atoms with van der Waals surface area (Å²) in [6.07, 6.45) is 1.63. The molecule has 1 aromatic rings. The van der Waals surface area contributed by atoms with Crippen molar-refractivity contribution in [2.45, 2.75) is 32.2 Å². The van der Waals surface area contributed by atoms with Gasteiger partial charge in [-0.2, -0.15) is 5.26 Å². The van der Waals surface area contributed by atoms with E-state index in [2.05, 4.69) is 6.07 Å². The van der Waals surface area contributed by atoms with Crippen molar-refractivity contribution >= 4 is 23.2 Å². The van der Waals surface area contributed by atoms with Crippen molar-refractivity contribution in [2.24, 2.45) is 0 Å². The third-order valence-electron chi connectivity index (χ3n) is 3.09. The average Bonchev–Trinajstić information content (AvgIpc) is 2.65. The Balaban J connectivity index is 2.33. The molecule has 1 heterocycles. The van der Waals surface area contributed by atoms with Gasteiger partial charge in [-0.05, 0) is 31.0 Å². The highest BCUT2D eigenvalue weighted by Crippen LogP contribution is 2.31. The fourth-order valence-electron chi connectivity index (χ4n) is 2.13. The number of aryl methyl sites for hydroxylation is 1. The predicted molar refractivity (Wildman–Crippen MR) is 66.9 cm³/mol. The summed E-state index contributed by atoms with van der Waals surface area (Å²) in [6.45, 7) is 1.92. The van der Waals surface area contributed by atoms with Crippen LogP contribution >= 0.6 is 11.6 Å². The number of carbonyl (C=O) groups is 1. The summed E-state index contributed by atoms with van der Waals surface area (Å²) in [5, 5.41) is 9.41. The lowest BCUT2D eigenvalue weighted by molar-refractivity contribution is -0.117. The number of carbonyl (C=O) groups excluding carboxylic acids is 1. The van der Waals surface area contributed by atoms with E-state index < -0.39 is 0 Å². The van der Waals surface area contributed by atoms with Gasteiger partial charge in [0, 0.05) is 17.1 Å². The summed E-state index contributed by atoms with van der Waals surface area (Å²) >= 11 is 6.06. The molecule has 1 saturated heterocycles. The molecule has 1 fully saturated rings. The highest BCUT2D eigenvalue weighted by Gasteiger charge is 2.31. The van der Waals surface area contributed by atoms with Crippen LogP contribution in [0.1, 0.15) is 24.8 Å². The quantitative estimate of drug-likeness (QED) is 0.807. The first kappa shape index (κ1) is 11.9. The Morgan fingerprint density at radius 2 is 2.35 bits per heavy atom. The molecule has 0 saturated carbocycles. The fraction of sp³-hybridized carbons (Fsp3) is 0.385. The molecule has 0 radical (unpaired) electrons. The van der Waals surface area contributed by atoms with E-state index >= 15 is 0 Å². The second-order valence-corrected chi connectivity index (χ2v) is 4.66. The van der Waals surface area contributed by atoms with Crippen molar-refractivity contribution in [1.29, 1.82) is 5.26 Å². The number of anilines is 1. The molecule has 3 nitrogen and oxygen atoms in total. The lowest BCUT2D eigenvalue weighted by atomic mass is 10.1. The second kappa shape index (κ2) is 4.77. The van der Waals surface area contributed by atoms with Crippen molar-refractivity contribution < 1.29 is 4.79 Å². The number of amides is 1. The van der Waals surface area contributed by atoms with Crippen molar-refractivity contribution in [3.8, 4) is 6.07 Å². The molecule has 1 aromatic carbocycles. The number of nitrogens with zero attached hydrogens (tertiary/aromatic N) is 2. The maximum Gasteiger partial charge on any atom is 0.227 e. The first-order valence-electron chi connectivity index (χ1n) is 5.58. The Kier molecular flexibility index (Phi) is 3.35. The smallest absolute Gasteiger partial charge is 0.227 e. The van der Waals surface area contributed by atoms with Crippen LogP contribution < -0.4 is 4.90 Å². The summed E-state index contributed by atoms with van der Waals surface area (Å²) in [7, 11) is 0. The SMILES string of the molecule is Cc1ccc(N2C(=O)CCC2CC#N)cc1Cl. The summed E-state index contributed by atoms with van der Waals surface area (Å²) in [5.41, 5.74) is 1.78. The Morgan fingerprint density at radius 3 is 3.00 bits per heavy atom. The van der Waals surface area contributed by atoms with Gasteiger partial charge in [0.1, 0.15) is 0 Å². The highest BCUT2D eigenvalue weighted by molar-refractivity contribution is 6.31. The molecule has 4 heteroatoms. The van der Waals surface area contributed by atoms with Gasteiger partial charge in [-0.3, -0.25) is 4.79 Å². The molecule has 1 aliphatic heterocycles. The Hall–Kier alpha value is -1.53. The molecule has 2 rings (SSSR count). The van der Waals surface area contributed by atoms with Gasteiger partial charge in [-0.25, -0.2) is 0 Å². The summed E-state index contributed by atoms with van der Waals surface area (Å²) < 4.78 is 0. The second-order valence-electron chi connectivity index (χ2n) is 4.25. The zero-order chi connectivity index (χ0) is 12.4. The van der Waals surface area contributed by atoms with Gasteiger partial charge in [-0.15, -0.1) is 0 Å². The highest BCUT2D eigenvalue weighted by atomic mass is 35.5. The van der Waals surface area contributed by atoms with E-state index in [1.165, 1.54) is 0 Å². The van der Waals surface area contributed by atoms with Gasteiger partial charge in [0.05, 0.1) is 18.5 Å². The van der Waals surface area contributed by atoms with Crippen LogP contribution in [-0.4, -0.2) is 11.9 Å². The van der Waals surface area contributed by atoms with Crippen molar-refractivity contribution in [2.75, 3.05) is 4.90 Å². The summed E-state index contributed by atoms with van der Waals surface area (Å²) in [4.78, 5) is 13.5. The molecule has 1 amide bonds. The number of hydrogen-bond donors (Lipinski definition) is 0. The Morgan fingerprint density at radius 1 is 1.59 bits per heavy atom. The van der Waals surface area contributed by atoms with E-state index in [1.807, 2.05) is 19.1 Å². The minimum atomic E-state index is -0.00808. The van der Waals surface area contributed by atoms with Crippen LogP contribution in [-0.2, 0) is 4.79 Å². The lowest BCUT2D eigenvalue weighted by Gasteiger charge is -2.23. The van der Waals surface area contributed by atoms with E-state index in [0.29, 0.717) is 17.9 Å². The molecule has 1 unspecified atom stereocenters. The molecule has 0 spiro atoms. The topological polar surface area (TPSA) is 44.1 Å². The minimum absolute atomic E-state index is 0.00808. The van der Waals surface area contributed by atoms with E-state index in [1.54, 1.807) is 11.0 Å². The monoisotopic (exact) mass is 248 g/mol. The first-order valence-corrected chi connectivity index (χ1v) is 5.96. The van der Waals surface area contributed by atoms with Crippen LogP contribution in [0.15, 0.2) is 18.2 Å². The van der Waals surface area contributed by atoms with Crippen LogP contribution in [0.25, 0.3) is 0 Å². The molecular formula is C13H13ClN2O. The molecule has 0 aromatic heterocycles. The molecule has 0 bridgehead atoms. The summed E-state index contributed by atoms with van der Waals surface area (Å²) in [5.74, 6) is 0.0742. The Bertz CT molecular complexity index is 493. The minimum Gasteiger partial charge on any atom is -0.308 e. The first-order chi connectivity index (χ1) is 8.13. The predicted octanol–water partition coefficient (Wildman–Crippen LogP) is 3.06. The fourth-order valence-corrected chi connectivity index (χ4v) is 2.30. The van der Waals surface area contributed by atoms with Crippen LogP contribution in [0.3, 0.4) is 0 Å². The van der Waals surface area contributed by atoms with E-state index in [9.17, 15) is 4.79 Å². The molecule has 0 N–H and O–H groups in total. The number of nitriles is 1. The van der Waals surface area contributed by atoms with Gasteiger partial charge in [0.2, 0.25) is 5.91 Å². The van der Waals surface area contributed by atoms with E-state index in [4.69, 9.17) is 16.9 Å². The standard InChI is InChI=1S/C13H13ClN2O/c1-9-2-3-11(8-12(9)14)16-10(6-7-15)4-5-13(16)17/h2-3,8,10H,4-6H2,1H3. The van der Waals surface area contributed by atoms with Gasteiger partial charge in [0.25, 0.3) is 0 Å². The van der Waals surface area contributed by atoms with Crippen LogP contribution in [0.5, 0.6) is 0 Å². The molecule has 0 aliphatic carbocycles. The van der Waals surface area contributed by atoms with Gasteiger partial charge >= 0.3 is 0 Å². The Labute approximate surface area is 106 Å². The lowest BCUT2D eigenvalue weighted by Crippen LogP contribution is -2.32. The van der Waals surface area contributed by atoms with Crippen LogP contribution in [0.4, 0.5) is 5.69 Å². The zero-order valence-electron chi connectivity index (χ0n) is 9.61. The third kappa shape index (κ3) is 2.27. The molecule has 17 heavy (non-hydrogen) atoms. The molecule has 1 atom stereocenters.